The third-order valence-corrected chi connectivity index (χ3v) is 5.25. The maximum atomic E-state index is 3.95. The highest BCUT2D eigenvalue weighted by Gasteiger charge is 1.94. The molecule has 0 fully saturated rings. The zero-order valence-corrected chi connectivity index (χ0v) is 30.8. The molecule has 0 rings (SSSR count). The van der Waals surface area contributed by atoms with Gasteiger partial charge in [0.1, 0.15) is 0 Å². The fraction of sp³-hybridized carbons (Fsp3) is 0.795. The van der Waals surface area contributed by atoms with Gasteiger partial charge in [0.05, 0.1) is 0 Å². The smallest absolute Gasteiger partial charge is 0.0326 e. The van der Waals surface area contributed by atoms with E-state index < -0.39 is 0 Å². The first-order chi connectivity index (χ1) is 18.6. The van der Waals surface area contributed by atoms with Gasteiger partial charge in [-0.15, -0.1) is 19.7 Å². The van der Waals surface area contributed by atoms with Gasteiger partial charge in [-0.2, -0.15) is 0 Å². The lowest BCUT2D eigenvalue weighted by Crippen LogP contribution is -1.83. The SMILES string of the molecule is C/C=C\C.C=C(C)CC.C=C(C)CC.C=C(C)CCCCCCCCCCCCCCC.CC.CC.CCC. The van der Waals surface area contributed by atoms with E-state index in [1.54, 1.807) is 0 Å². The van der Waals surface area contributed by atoms with Gasteiger partial charge in [0.25, 0.3) is 0 Å². The minimum absolute atomic E-state index is 1.11. The summed E-state index contributed by atoms with van der Waals surface area (Å²) in [5.74, 6) is 0. The predicted molar refractivity (Wildman–Crippen MR) is 194 cm³/mol. The van der Waals surface area contributed by atoms with Gasteiger partial charge in [0.2, 0.25) is 0 Å². The maximum absolute atomic E-state index is 3.95. The van der Waals surface area contributed by atoms with E-state index in [-0.39, 0.29) is 0 Å². The predicted octanol–water partition coefficient (Wildman–Crippen LogP) is 16.0. The molecule has 0 amide bonds. The fourth-order valence-electron chi connectivity index (χ4n) is 2.44. The van der Waals surface area contributed by atoms with E-state index in [2.05, 4.69) is 61.3 Å². The molecular formula is C39H84. The molecule has 0 saturated heterocycles. The van der Waals surface area contributed by atoms with Crippen molar-refractivity contribution in [2.24, 2.45) is 0 Å². The van der Waals surface area contributed by atoms with Gasteiger partial charge in [-0.05, 0) is 60.3 Å². The lowest BCUT2D eigenvalue weighted by Gasteiger charge is -2.03. The molecule has 39 heavy (non-hydrogen) atoms. The largest absolute Gasteiger partial charge is 0.100 e. The minimum Gasteiger partial charge on any atom is -0.100 e. The Morgan fingerprint density at radius 1 is 0.436 bits per heavy atom. The Morgan fingerprint density at radius 3 is 0.795 bits per heavy atom. The summed E-state index contributed by atoms with van der Waals surface area (Å²) >= 11 is 0. The summed E-state index contributed by atoms with van der Waals surface area (Å²) in [5.41, 5.74) is 3.85. The van der Waals surface area contributed by atoms with Crippen molar-refractivity contribution in [3.63, 3.8) is 0 Å². The van der Waals surface area contributed by atoms with Gasteiger partial charge in [-0.25, -0.2) is 0 Å². The molecule has 0 aromatic carbocycles. The van der Waals surface area contributed by atoms with E-state index in [4.69, 9.17) is 0 Å². The summed E-state index contributed by atoms with van der Waals surface area (Å²) in [6, 6.07) is 0. The van der Waals surface area contributed by atoms with Crippen LogP contribution in [-0.4, -0.2) is 0 Å². The van der Waals surface area contributed by atoms with Crippen molar-refractivity contribution in [1.82, 2.24) is 0 Å². The van der Waals surface area contributed by atoms with Gasteiger partial charge in [-0.1, -0.05) is 175 Å². The zero-order chi connectivity index (χ0) is 32.2. The summed E-state index contributed by atoms with van der Waals surface area (Å²) in [4.78, 5) is 0. The van der Waals surface area contributed by atoms with E-state index >= 15 is 0 Å². The molecule has 0 atom stereocenters. The molecule has 0 aliphatic carbocycles. The van der Waals surface area contributed by atoms with Crippen LogP contribution in [0.15, 0.2) is 48.6 Å². The van der Waals surface area contributed by atoms with Crippen LogP contribution in [0.3, 0.4) is 0 Å². The van der Waals surface area contributed by atoms with Gasteiger partial charge in [0, 0.05) is 0 Å². The fourth-order valence-corrected chi connectivity index (χ4v) is 2.44. The molecule has 0 N–H and O–H groups in total. The first-order valence-corrected chi connectivity index (χ1v) is 17.1. The average molecular weight is 553 g/mol. The molecular weight excluding hydrogens is 468 g/mol. The molecule has 0 aliphatic rings. The highest BCUT2D eigenvalue weighted by atomic mass is 14.0. The molecule has 0 unspecified atom stereocenters. The summed E-state index contributed by atoms with van der Waals surface area (Å²) in [5, 5.41) is 0. The summed E-state index contributed by atoms with van der Waals surface area (Å²) in [6.07, 6.45) is 27.4. The van der Waals surface area contributed by atoms with Crippen LogP contribution >= 0.6 is 0 Å². The molecule has 0 radical (unpaired) electrons. The molecule has 240 valence electrons. The summed E-state index contributed by atoms with van der Waals surface area (Å²) < 4.78 is 0. The Labute approximate surface area is 254 Å². The van der Waals surface area contributed by atoms with Gasteiger partial charge < -0.3 is 0 Å². The van der Waals surface area contributed by atoms with Crippen LogP contribution < -0.4 is 0 Å². The van der Waals surface area contributed by atoms with Crippen molar-refractivity contribution in [3.05, 3.63) is 48.6 Å². The number of hydrogen-bond acceptors (Lipinski definition) is 0. The summed E-state index contributed by atoms with van der Waals surface area (Å²) in [7, 11) is 0. The summed E-state index contributed by atoms with van der Waals surface area (Å²) in [6.45, 7) is 40.2. The second-order valence-electron chi connectivity index (χ2n) is 9.94. The second-order valence-corrected chi connectivity index (χ2v) is 9.94. The van der Waals surface area contributed by atoms with E-state index in [9.17, 15) is 0 Å². The van der Waals surface area contributed by atoms with Gasteiger partial charge >= 0.3 is 0 Å². The Morgan fingerprint density at radius 2 is 0.641 bits per heavy atom. The van der Waals surface area contributed by atoms with Crippen LogP contribution in [0.25, 0.3) is 0 Å². The van der Waals surface area contributed by atoms with Crippen LogP contribution in [0.2, 0.25) is 0 Å². The van der Waals surface area contributed by atoms with Crippen molar-refractivity contribution < 1.29 is 0 Å². The van der Waals surface area contributed by atoms with E-state index in [0.717, 1.165) is 12.8 Å². The highest BCUT2D eigenvalue weighted by Crippen LogP contribution is 2.13. The monoisotopic (exact) mass is 553 g/mol. The first kappa shape index (κ1) is 54.1. The van der Waals surface area contributed by atoms with Crippen molar-refractivity contribution >= 4 is 0 Å². The van der Waals surface area contributed by atoms with Crippen LogP contribution in [0.4, 0.5) is 0 Å². The molecule has 0 aromatic heterocycles. The van der Waals surface area contributed by atoms with Crippen LogP contribution in [0.1, 0.15) is 206 Å². The topological polar surface area (TPSA) is 0 Å². The first-order valence-electron chi connectivity index (χ1n) is 17.1. The number of hydrogen-bond donors (Lipinski definition) is 0. The highest BCUT2D eigenvalue weighted by molar-refractivity contribution is 4.87. The van der Waals surface area contributed by atoms with Crippen LogP contribution in [0.5, 0.6) is 0 Å². The van der Waals surface area contributed by atoms with Gasteiger partial charge in [0.15, 0.2) is 0 Å². The second kappa shape index (κ2) is 65.8. The van der Waals surface area contributed by atoms with Crippen LogP contribution in [0, 0.1) is 0 Å². The Balaban J connectivity index is -0.0000000794. The van der Waals surface area contributed by atoms with Crippen molar-refractivity contribution in [2.45, 2.75) is 206 Å². The lowest BCUT2D eigenvalue weighted by atomic mass is 10.0. The molecule has 0 saturated carbocycles. The van der Waals surface area contributed by atoms with Crippen LogP contribution in [-0.2, 0) is 0 Å². The third kappa shape index (κ3) is 126. The molecule has 0 heteroatoms. The lowest BCUT2D eigenvalue weighted by molar-refractivity contribution is 0.539. The normalized spacial score (nSPS) is 8.67. The number of unbranched alkanes of at least 4 members (excludes halogenated alkanes) is 12. The van der Waals surface area contributed by atoms with Crippen molar-refractivity contribution in [2.75, 3.05) is 0 Å². The Bertz CT molecular complexity index is 392. The molecule has 0 heterocycles. The average Bonchev–Trinajstić information content (AvgIpc) is 2.94. The van der Waals surface area contributed by atoms with E-state index in [0.29, 0.717) is 0 Å². The number of allylic oxidation sites excluding steroid dienone is 5. The molecule has 0 aliphatic heterocycles. The molecule has 0 nitrogen and oxygen atoms in total. The quantitative estimate of drug-likeness (QED) is 0.132. The maximum Gasteiger partial charge on any atom is -0.0326 e. The van der Waals surface area contributed by atoms with Crippen molar-refractivity contribution in [3.8, 4) is 0 Å². The van der Waals surface area contributed by atoms with E-state index in [1.807, 2.05) is 67.5 Å². The standard InChI is InChI=1S/C18H36.2C5H10.C4H8.C3H8.2C2H6/c1-4-5-6-7-8-9-10-11-12-13-14-15-16-17-18(2)3;2*1-4-5(2)3;1-3-4-2;1-3-2;2*1-2/h2,4-17H2,1,3H3;2*2,4H2,1,3H3;3-4H,1-2H3;3H2,1-2H3;2*1-2H3/b;;;4-3-;;;. The Kier molecular flexibility index (Phi) is 91.2. The Hall–Kier alpha value is -1.04. The van der Waals surface area contributed by atoms with Gasteiger partial charge in [-0.3, -0.25) is 0 Å². The minimum atomic E-state index is 1.11. The third-order valence-electron chi connectivity index (χ3n) is 5.25. The zero-order valence-electron chi connectivity index (χ0n) is 30.8. The molecule has 0 aromatic rings. The molecule has 0 bridgehead atoms. The van der Waals surface area contributed by atoms with Crippen molar-refractivity contribution in [1.29, 1.82) is 0 Å². The number of rotatable bonds is 16. The molecule has 0 spiro atoms. The van der Waals surface area contributed by atoms with E-state index in [1.165, 1.54) is 113 Å².